The third-order valence-corrected chi connectivity index (χ3v) is 3.38. The van der Waals surface area contributed by atoms with Crippen molar-refractivity contribution in [1.82, 2.24) is 9.80 Å². The van der Waals surface area contributed by atoms with E-state index < -0.39 is 0 Å². The Balaban J connectivity index is 2.31. The maximum absolute atomic E-state index is 2.59. The first-order chi connectivity index (χ1) is 6.77. The predicted molar refractivity (Wildman–Crippen MR) is 62.7 cm³/mol. The molecule has 14 heavy (non-hydrogen) atoms. The molecule has 84 valence electrons. The highest BCUT2D eigenvalue weighted by Crippen LogP contribution is 2.15. The minimum Gasteiger partial charge on any atom is -0.302 e. The summed E-state index contributed by atoms with van der Waals surface area (Å²) in [5.41, 5.74) is 0. The summed E-state index contributed by atoms with van der Waals surface area (Å²) in [5, 5.41) is 0. The number of likely N-dealkylation sites (tertiary alicyclic amines) is 1. The second-order valence-electron chi connectivity index (χ2n) is 4.52. The lowest BCUT2D eigenvalue weighted by Gasteiger charge is -2.36. The third-order valence-electron chi connectivity index (χ3n) is 3.38. The topological polar surface area (TPSA) is 6.48 Å². The average molecular weight is 198 g/mol. The molecular weight excluding hydrogens is 172 g/mol. The Kier molecular flexibility index (Phi) is 5.49. The summed E-state index contributed by atoms with van der Waals surface area (Å²) in [4.78, 5) is 5.13. The van der Waals surface area contributed by atoms with Crippen LogP contribution in [-0.4, -0.2) is 49.1 Å². The smallest absolute Gasteiger partial charge is 0.0220 e. The molecule has 0 radical (unpaired) electrons. The molecule has 0 saturated carbocycles. The van der Waals surface area contributed by atoms with E-state index in [-0.39, 0.29) is 0 Å². The molecule has 0 amide bonds. The number of likely N-dealkylation sites (N-methyl/N-ethyl adjacent to an activating group) is 2. The fourth-order valence-corrected chi connectivity index (χ4v) is 2.37. The van der Waals surface area contributed by atoms with Crippen LogP contribution < -0.4 is 0 Å². The van der Waals surface area contributed by atoms with Crippen molar-refractivity contribution in [3.8, 4) is 0 Å². The molecule has 1 unspecified atom stereocenters. The van der Waals surface area contributed by atoms with E-state index in [1.54, 1.807) is 0 Å². The lowest BCUT2D eigenvalue weighted by atomic mass is 10.0. The minimum atomic E-state index is 0.815. The molecule has 1 heterocycles. The zero-order valence-electron chi connectivity index (χ0n) is 10.1. The van der Waals surface area contributed by atoms with Crippen molar-refractivity contribution < 1.29 is 0 Å². The summed E-state index contributed by atoms with van der Waals surface area (Å²) in [5.74, 6) is 0. The Bertz CT molecular complexity index is 147. The second kappa shape index (κ2) is 6.41. The van der Waals surface area contributed by atoms with E-state index >= 15 is 0 Å². The molecular formula is C12H26N2. The Labute approximate surface area is 89.3 Å². The molecule has 2 nitrogen and oxygen atoms in total. The quantitative estimate of drug-likeness (QED) is 0.668. The summed E-state index contributed by atoms with van der Waals surface area (Å²) < 4.78 is 0. The molecule has 0 bridgehead atoms. The minimum absolute atomic E-state index is 0.815. The number of hydrogen-bond acceptors (Lipinski definition) is 2. The van der Waals surface area contributed by atoms with Crippen LogP contribution in [0, 0.1) is 0 Å². The van der Waals surface area contributed by atoms with E-state index in [9.17, 15) is 0 Å². The van der Waals surface area contributed by atoms with Crippen molar-refractivity contribution in [1.29, 1.82) is 0 Å². The van der Waals surface area contributed by atoms with Crippen molar-refractivity contribution in [2.24, 2.45) is 0 Å². The first-order valence-corrected chi connectivity index (χ1v) is 6.20. The van der Waals surface area contributed by atoms with Crippen molar-refractivity contribution >= 4 is 0 Å². The van der Waals surface area contributed by atoms with Crippen LogP contribution in [0.4, 0.5) is 0 Å². The van der Waals surface area contributed by atoms with Gasteiger partial charge in [0.25, 0.3) is 0 Å². The first-order valence-electron chi connectivity index (χ1n) is 6.20. The Morgan fingerprint density at radius 2 is 2.07 bits per heavy atom. The summed E-state index contributed by atoms with van der Waals surface area (Å²) in [6.45, 7) is 9.60. The zero-order chi connectivity index (χ0) is 10.4. The lowest BCUT2D eigenvalue weighted by Crippen LogP contribution is -2.44. The Hall–Kier alpha value is -0.0800. The maximum Gasteiger partial charge on any atom is 0.0220 e. The number of rotatable bonds is 5. The molecule has 1 saturated heterocycles. The van der Waals surface area contributed by atoms with Crippen molar-refractivity contribution in [3.05, 3.63) is 0 Å². The largest absolute Gasteiger partial charge is 0.302 e. The highest BCUT2D eigenvalue weighted by molar-refractivity contribution is 4.77. The maximum atomic E-state index is 2.59. The molecule has 1 atom stereocenters. The molecule has 1 aliphatic heterocycles. The van der Waals surface area contributed by atoms with Gasteiger partial charge in [0.1, 0.15) is 0 Å². The van der Waals surface area contributed by atoms with Gasteiger partial charge in [-0.05, 0) is 45.9 Å². The van der Waals surface area contributed by atoms with Crippen molar-refractivity contribution in [3.63, 3.8) is 0 Å². The lowest BCUT2D eigenvalue weighted by molar-refractivity contribution is 0.131. The molecule has 0 spiro atoms. The van der Waals surface area contributed by atoms with Crippen LogP contribution in [0.25, 0.3) is 0 Å². The van der Waals surface area contributed by atoms with E-state index in [0.717, 1.165) is 6.04 Å². The predicted octanol–water partition coefficient (Wildman–Crippen LogP) is 2.20. The molecule has 0 aromatic heterocycles. The van der Waals surface area contributed by atoms with Gasteiger partial charge in [0.15, 0.2) is 0 Å². The average Bonchev–Trinajstić information content (AvgIpc) is 2.20. The van der Waals surface area contributed by atoms with Crippen LogP contribution in [0.15, 0.2) is 0 Å². The van der Waals surface area contributed by atoms with Gasteiger partial charge in [-0.1, -0.05) is 20.3 Å². The van der Waals surface area contributed by atoms with E-state index in [4.69, 9.17) is 0 Å². The van der Waals surface area contributed by atoms with Crippen LogP contribution >= 0.6 is 0 Å². The summed E-state index contributed by atoms with van der Waals surface area (Å²) >= 11 is 0. The molecule has 1 rings (SSSR count). The number of nitrogens with zero attached hydrogens (tertiary/aromatic N) is 2. The fraction of sp³-hybridized carbons (Fsp3) is 1.00. The van der Waals surface area contributed by atoms with Crippen LogP contribution in [0.1, 0.15) is 39.5 Å². The Morgan fingerprint density at radius 1 is 1.29 bits per heavy atom. The van der Waals surface area contributed by atoms with E-state index in [1.807, 2.05) is 0 Å². The molecule has 2 heteroatoms. The number of piperidine rings is 1. The van der Waals surface area contributed by atoms with Gasteiger partial charge < -0.3 is 9.80 Å². The SMILES string of the molecule is CCCN(CC)CC1CCCCN1C. The first kappa shape index (κ1) is 12.0. The van der Waals surface area contributed by atoms with Gasteiger partial charge in [0.2, 0.25) is 0 Å². The molecule has 0 aliphatic carbocycles. The van der Waals surface area contributed by atoms with Gasteiger partial charge in [-0.25, -0.2) is 0 Å². The molecule has 0 N–H and O–H groups in total. The zero-order valence-corrected chi connectivity index (χ0v) is 10.1. The van der Waals surface area contributed by atoms with Crippen LogP contribution in [-0.2, 0) is 0 Å². The molecule has 1 fully saturated rings. The van der Waals surface area contributed by atoms with Gasteiger partial charge in [0, 0.05) is 12.6 Å². The highest BCUT2D eigenvalue weighted by Gasteiger charge is 2.20. The van der Waals surface area contributed by atoms with E-state index in [1.165, 1.54) is 51.9 Å². The standard InChI is InChI=1S/C12H26N2/c1-4-9-14(5-2)11-12-8-6-7-10-13(12)3/h12H,4-11H2,1-3H3. The second-order valence-corrected chi connectivity index (χ2v) is 4.52. The van der Waals surface area contributed by atoms with Gasteiger partial charge >= 0.3 is 0 Å². The normalized spacial score (nSPS) is 24.4. The summed E-state index contributed by atoms with van der Waals surface area (Å²) in [7, 11) is 2.28. The monoisotopic (exact) mass is 198 g/mol. The molecule has 0 aromatic carbocycles. The van der Waals surface area contributed by atoms with Crippen molar-refractivity contribution in [2.45, 2.75) is 45.6 Å². The van der Waals surface area contributed by atoms with Gasteiger partial charge in [-0.3, -0.25) is 0 Å². The number of hydrogen-bond donors (Lipinski definition) is 0. The fourth-order valence-electron chi connectivity index (χ4n) is 2.37. The molecule has 0 aromatic rings. The summed E-state index contributed by atoms with van der Waals surface area (Å²) in [6, 6.07) is 0.815. The summed E-state index contributed by atoms with van der Waals surface area (Å²) in [6.07, 6.45) is 5.51. The van der Waals surface area contributed by atoms with Gasteiger partial charge in [-0.2, -0.15) is 0 Å². The van der Waals surface area contributed by atoms with Gasteiger partial charge in [0.05, 0.1) is 0 Å². The molecule has 1 aliphatic rings. The van der Waals surface area contributed by atoms with Crippen LogP contribution in [0.5, 0.6) is 0 Å². The van der Waals surface area contributed by atoms with Crippen molar-refractivity contribution in [2.75, 3.05) is 33.2 Å². The van der Waals surface area contributed by atoms with E-state index in [2.05, 4.69) is 30.7 Å². The van der Waals surface area contributed by atoms with E-state index in [0.29, 0.717) is 0 Å². The van der Waals surface area contributed by atoms with Crippen LogP contribution in [0.2, 0.25) is 0 Å². The van der Waals surface area contributed by atoms with Gasteiger partial charge in [-0.15, -0.1) is 0 Å². The third kappa shape index (κ3) is 3.58. The van der Waals surface area contributed by atoms with Crippen LogP contribution in [0.3, 0.4) is 0 Å². The highest BCUT2D eigenvalue weighted by atomic mass is 15.2. The Morgan fingerprint density at radius 3 is 2.64 bits per heavy atom.